The van der Waals surface area contributed by atoms with Gasteiger partial charge in [-0.25, -0.2) is 0 Å². The van der Waals surface area contributed by atoms with Gasteiger partial charge in [-0.1, -0.05) is 6.92 Å². The molecule has 0 saturated heterocycles. The third-order valence-electron chi connectivity index (χ3n) is 1.80. The Kier molecular flexibility index (Phi) is 2.47. The number of ether oxygens (including phenoxy) is 1. The molecule has 60 valence electrons. The highest BCUT2D eigenvalue weighted by molar-refractivity contribution is 5.34. The molecule has 0 saturated carbocycles. The van der Waals surface area contributed by atoms with E-state index in [4.69, 9.17) is 4.74 Å². The lowest BCUT2D eigenvalue weighted by Gasteiger charge is -2.07. The molecule has 0 aliphatic carbocycles. The molecule has 0 fully saturated rings. The van der Waals surface area contributed by atoms with Gasteiger partial charge in [-0.05, 0) is 19.4 Å². The Morgan fingerprint density at radius 3 is 2.73 bits per heavy atom. The quantitative estimate of drug-likeness (QED) is 0.644. The van der Waals surface area contributed by atoms with Gasteiger partial charge in [-0.3, -0.25) is 4.98 Å². The zero-order chi connectivity index (χ0) is 8.27. The van der Waals surface area contributed by atoms with Crippen molar-refractivity contribution in [3.05, 3.63) is 23.5 Å². The molecule has 1 heterocycles. The van der Waals surface area contributed by atoms with E-state index in [0.29, 0.717) is 0 Å². The molecule has 2 nitrogen and oxygen atoms in total. The van der Waals surface area contributed by atoms with Crippen molar-refractivity contribution in [2.45, 2.75) is 20.3 Å². The predicted molar refractivity (Wildman–Crippen MR) is 44.9 cm³/mol. The fraction of sp³-hybridized carbons (Fsp3) is 0.444. The van der Waals surface area contributed by atoms with E-state index >= 15 is 0 Å². The Morgan fingerprint density at radius 2 is 2.27 bits per heavy atom. The lowest BCUT2D eigenvalue weighted by Crippen LogP contribution is -1.95. The van der Waals surface area contributed by atoms with E-state index in [1.165, 1.54) is 5.56 Å². The summed E-state index contributed by atoms with van der Waals surface area (Å²) < 4.78 is 5.18. The van der Waals surface area contributed by atoms with Gasteiger partial charge in [0, 0.05) is 17.5 Å². The first-order valence-electron chi connectivity index (χ1n) is 3.78. The molecule has 0 N–H and O–H groups in total. The SMILES string of the molecule is CCc1c(OC)ccnc1C. The zero-order valence-electron chi connectivity index (χ0n) is 7.22. The third kappa shape index (κ3) is 1.50. The Morgan fingerprint density at radius 1 is 1.55 bits per heavy atom. The largest absolute Gasteiger partial charge is 0.496 e. The molecular weight excluding hydrogens is 138 g/mol. The predicted octanol–water partition coefficient (Wildman–Crippen LogP) is 1.96. The summed E-state index contributed by atoms with van der Waals surface area (Å²) in [5.74, 6) is 0.944. The maximum atomic E-state index is 5.18. The lowest BCUT2D eigenvalue weighted by atomic mass is 10.1. The monoisotopic (exact) mass is 151 g/mol. The van der Waals surface area contributed by atoms with Crippen LogP contribution in [0.4, 0.5) is 0 Å². The van der Waals surface area contributed by atoms with Gasteiger partial charge in [-0.15, -0.1) is 0 Å². The minimum atomic E-state index is 0.944. The van der Waals surface area contributed by atoms with Crippen molar-refractivity contribution in [2.24, 2.45) is 0 Å². The molecule has 1 aromatic rings. The molecule has 1 aromatic heterocycles. The Balaban J connectivity index is 3.13. The summed E-state index contributed by atoms with van der Waals surface area (Å²) in [4.78, 5) is 4.18. The fourth-order valence-corrected chi connectivity index (χ4v) is 1.19. The van der Waals surface area contributed by atoms with E-state index in [1.54, 1.807) is 13.3 Å². The Labute approximate surface area is 67.2 Å². The minimum Gasteiger partial charge on any atom is -0.496 e. The van der Waals surface area contributed by atoms with E-state index in [2.05, 4.69) is 11.9 Å². The van der Waals surface area contributed by atoms with Crippen molar-refractivity contribution in [3.63, 3.8) is 0 Å². The van der Waals surface area contributed by atoms with Gasteiger partial charge in [0.05, 0.1) is 7.11 Å². The number of aryl methyl sites for hydroxylation is 1. The second kappa shape index (κ2) is 3.37. The van der Waals surface area contributed by atoms with Gasteiger partial charge in [0.15, 0.2) is 0 Å². The molecular formula is C9H13NO. The highest BCUT2D eigenvalue weighted by Crippen LogP contribution is 2.19. The van der Waals surface area contributed by atoms with E-state index in [0.717, 1.165) is 17.9 Å². The van der Waals surface area contributed by atoms with Crippen LogP contribution < -0.4 is 4.74 Å². The summed E-state index contributed by atoms with van der Waals surface area (Å²) in [5.41, 5.74) is 2.27. The normalized spacial score (nSPS) is 9.73. The van der Waals surface area contributed by atoms with Crippen LogP contribution in [0.1, 0.15) is 18.2 Å². The van der Waals surface area contributed by atoms with Gasteiger partial charge < -0.3 is 4.74 Å². The minimum absolute atomic E-state index is 0.944. The molecule has 0 aromatic carbocycles. The van der Waals surface area contributed by atoms with Crippen LogP contribution in [-0.4, -0.2) is 12.1 Å². The van der Waals surface area contributed by atoms with Crippen molar-refractivity contribution < 1.29 is 4.74 Å². The number of rotatable bonds is 2. The van der Waals surface area contributed by atoms with Crippen molar-refractivity contribution in [1.82, 2.24) is 4.98 Å². The molecule has 0 atom stereocenters. The molecule has 0 spiro atoms. The summed E-state index contributed by atoms with van der Waals surface area (Å²) in [6, 6.07) is 1.89. The summed E-state index contributed by atoms with van der Waals surface area (Å²) in [6.45, 7) is 4.11. The van der Waals surface area contributed by atoms with Crippen LogP contribution in [0.15, 0.2) is 12.3 Å². The zero-order valence-corrected chi connectivity index (χ0v) is 7.22. The number of hydrogen-bond donors (Lipinski definition) is 0. The molecule has 0 aliphatic rings. The maximum absolute atomic E-state index is 5.18. The molecule has 2 heteroatoms. The molecule has 0 aliphatic heterocycles. The number of nitrogens with zero attached hydrogens (tertiary/aromatic N) is 1. The van der Waals surface area contributed by atoms with Gasteiger partial charge >= 0.3 is 0 Å². The number of methoxy groups -OCH3 is 1. The molecule has 0 radical (unpaired) electrons. The van der Waals surface area contributed by atoms with Crippen molar-refractivity contribution >= 4 is 0 Å². The van der Waals surface area contributed by atoms with Crippen LogP contribution >= 0.6 is 0 Å². The average molecular weight is 151 g/mol. The topological polar surface area (TPSA) is 22.1 Å². The number of aromatic nitrogens is 1. The van der Waals surface area contributed by atoms with Crippen molar-refractivity contribution in [3.8, 4) is 5.75 Å². The van der Waals surface area contributed by atoms with Crippen LogP contribution in [0, 0.1) is 6.92 Å². The summed E-state index contributed by atoms with van der Waals surface area (Å²) in [5, 5.41) is 0. The third-order valence-corrected chi connectivity index (χ3v) is 1.80. The molecule has 1 rings (SSSR count). The molecule has 0 bridgehead atoms. The van der Waals surface area contributed by atoms with E-state index < -0.39 is 0 Å². The summed E-state index contributed by atoms with van der Waals surface area (Å²) in [7, 11) is 1.69. The van der Waals surface area contributed by atoms with E-state index in [-0.39, 0.29) is 0 Å². The first kappa shape index (κ1) is 8.05. The Hall–Kier alpha value is -1.05. The summed E-state index contributed by atoms with van der Waals surface area (Å²) in [6.07, 6.45) is 2.75. The maximum Gasteiger partial charge on any atom is 0.125 e. The first-order valence-corrected chi connectivity index (χ1v) is 3.78. The Bertz CT molecular complexity index is 245. The van der Waals surface area contributed by atoms with E-state index in [1.807, 2.05) is 13.0 Å². The molecule has 0 amide bonds. The highest BCUT2D eigenvalue weighted by atomic mass is 16.5. The standard InChI is InChI=1S/C9H13NO/c1-4-8-7(2)10-6-5-9(8)11-3/h5-6H,4H2,1-3H3. The second-order valence-electron chi connectivity index (χ2n) is 2.43. The second-order valence-corrected chi connectivity index (χ2v) is 2.43. The van der Waals surface area contributed by atoms with Crippen molar-refractivity contribution in [2.75, 3.05) is 7.11 Å². The molecule has 11 heavy (non-hydrogen) atoms. The number of pyridine rings is 1. The van der Waals surface area contributed by atoms with Gasteiger partial charge in [0.2, 0.25) is 0 Å². The van der Waals surface area contributed by atoms with Crippen LogP contribution in [0.25, 0.3) is 0 Å². The van der Waals surface area contributed by atoms with Gasteiger partial charge in [0.25, 0.3) is 0 Å². The van der Waals surface area contributed by atoms with Gasteiger partial charge in [0.1, 0.15) is 5.75 Å². The van der Waals surface area contributed by atoms with Crippen LogP contribution in [0.3, 0.4) is 0 Å². The van der Waals surface area contributed by atoms with Crippen molar-refractivity contribution in [1.29, 1.82) is 0 Å². The van der Waals surface area contributed by atoms with E-state index in [9.17, 15) is 0 Å². The fourth-order valence-electron chi connectivity index (χ4n) is 1.19. The van der Waals surface area contributed by atoms with Crippen LogP contribution in [0.2, 0.25) is 0 Å². The highest BCUT2D eigenvalue weighted by Gasteiger charge is 2.02. The van der Waals surface area contributed by atoms with Crippen LogP contribution in [-0.2, 0) is 6.42 Å². The summed E-state index contributed by atoms with van der Waals surface area (Å²) >= 11 is 0. The molecule has 0 unspecified atom stereocenters. The lowest BCUT2D eigenvalue weighted by molar-refractivity contribution is 0.409. The van der Waals surface area contributed by atoms with Crippen LogP contribution in [0.5, 0.6) is 5.75 Å². The van der Waals surface area contributed by atoms with Gasteiger partial charge in [-0.2, -0.15) is 0 Å². The first-order chi connectivity index (χ1) is 5.29. The smallest absolute Gasteiger partial charge is 0.125 e. The number of hydrogen-bond acceptors (Lipinski definition) is 2. The average Bonchev–Trinajstić information content (AvgIpc) is 2.04.